The third-order valence-corrected chi connectivity index (χ3v) is 6.62. The third-order valence-electron chi connectivity index (χ3n) is 5.63. The minimum absolute atomic E-state index is 0.0340. The molecular formula is C29H32N2O5S. The van der Waals surface area contributed by atoms with E-state index in [9.17, 15) is 9.59 Å². The van der Waals surface area contributed by atoms with Crippen LogP contribution in [0.5, 0.6) is 11.5 Å². The number of carbonyl (C=O) groups excluding carboxylic acids is 1. The van der Waals surface area contributed by atoms with E-state index in [2.05, 4.69) is 4.99 Å². The average Bonchev–Trinajstić information content (AvgIpc) is 3.13. The smallest absolute Gasteiger partial charge is 0.338 e. The predicted molar refractivity (Wildman–Crippen MR) is 145 cm³/mol. The Labute approximate surface area is 220 Å². The van der Waals surface area contributed by atoms with Gasteiger partial charge in [0.05, 0.1) is 40.7 Å². The second kappa shape index (κ2) is 11.2. The SMILES string of the molecule is CCOC(=O)C1=C(C)N=c2s/c(=C/c3ccc(OC(C)C)cc3)c(=O)n2C1c1ccc(OC(C)C)cc1. The zero-order valence-corrected chi connectivity index (χ0v) is 22.8. The molecule has 1 unspecified atom stereocenters. The number of fused-ring (bicyclic) bond motifs is 1. The average molecular weight is 521 g/mol. The highest BCUT2D eigenvalue weighted by atomic mass is 32.1. The molecule has 1 aliphatic heterocycles. The second-order valence-corrected chi connectivity index (χ2v) is 10.3. The van der Waals surface area contributed by atoms with E-state index in [0.717, 1.165) is 22.6 Å². The molecule has 0 radical (unpaired) electrons. The topological polar surface area (TPSA) is 79.1 Å². The minimum atomic E-state index is -0.660. The molecular weight excluding hydrogens is 488 g/mol. The van der Waals surface area contributed by atoms with E-state index in [0.29, 0.717) is 20.6 Å². The maximum Gasteiger partial charge on any atom is 0.338 e. The Morgan fingerprint density at radius 3 is 2.11 bits per heavy atom. The number of benzene rings is 2. The molecule has 2 aromatic carbocycles. The summed E-state index contributed by atoms with van der Waals surface area (Å²) in [5.74, 6) is 1.01. The van der Waals surface area contributed by atoms with Crippen LogP contribution >= 0.6 is 11.3 Å². The highest BCUT2D eigenvalue weighted by Gasteiger charge is 2.33. The molecule has 0 aliphatic carbocycles. The standard InChI is InChI=1S/C29H32N2O5S/c1-7-34-28(33)25-19(6)30-29-31(26(25)21-10-14-23(15-11-21)36-18(4)5)27(32)24(37-29)16-20-8-12-22(13-9-20)35-17(2)3/h8-18,26H,7H2,1-6H3/b24-16+. The summed E-state index contributed by atoms with van der Waals surface area (Å²) in [7, 11) is 0. The van der Waals surface area contributed by atoms with Gasteiger partial charge in [-0.05, 0) is 83.0 Å². The van der Waals surface area contributed by atoms with Gasteiger partial charge in [-0.1, -0.05) is 35.6 Å². The number of hydrogen-bond acceptors (Lipinski definition) is 7. The number of allylic oxidation sites excluding steroid dienone is 1. The number of hydrogen-bond donors (Lipinski definition) is 0. The second-order valence-electron chi connectivity index (χ2n) is 9.27. The number of aromatic nitrogens is 1. The number of ether oxygens (including phenoxy) is 3. The van der Waals surface area contributed by atoms with Gasteiger partial charge < -0.3 is 14.2 Å². The van der Waals surface area contributed by atoms with E-state index in [1.807, 2.05) is 82.3 Å². The Morgan fingerprint density at radius 2 is 1.57 bits per heavy atom. The number of thiazole rings is 1. The van der Waals surface area contributed by atoms with Crippen molar-refractivity contribution in [2.75, 3.05) is 6.61 Å². The van der Waals surface area contributed by atoms with Crippen LogP contribution in [0.3, 0.4) is 0 Å². The Kier molecular flexibility index (Phi) is 7.97. The highest BCUT2D eigenvalue weighted by Crippen LogP contribution is 2.31. The fourth-order valence-electron chi connectivity index (χ4n) is 4.17. The van der Waals surface area contributed by atoms with Gasteiger partial charge in [0.1, 0.15) is 11.5 Å². The van der Waals surface area contributed by atoms with Crippen LogP contribution in [0.2, 0.25) is 0 Å². The van der Waals surface area contributed by atoms with Crippen LogP contribution in [-0.2, 0) is 9.53 Å². The van der Waals surface area contributed by atoms with E-state index in [-0.39, 0.29) is 24.4 Å². The lowest BCUT2D eigenvalue weighted by Crippen LogP contribution is -2.39. The molecule has 0 spiro atoms. The van der Waals surface area contributed by atoms with Crippen molar-refractivity contribution in [1.29, 1.82) is 0 Å². The van der Waals surface area contributed by atoms with E-state index >= 15 is 0 Å². The van der Waals surface area contributed by atoms with Gasteiger partial charge in [0.25, 0.3) is 5.56 Å². The third kappa shape index (κ3) is 5.85. The van der Waals surface area contributed by atoms with Crippen LogP contribution in [0.15, 0.2) is 69.6 Å². The van der Waals surface area contributed by atoms with Crippen molar-refractivity contribution >= 4 is 23.4 Å². The first-order valence-corrected chi connectivity index (χ1v) is 13.2. The largest absolute Gasteiger partial charge is 0.491 e. The number of nitrogens with zero attached hydrogens (tertiary/aromatic N) is 2. The zero-order chi connectivity index (χ0) is 26.7. The van der Waals surface area contributed by atoms with Crippen LogP contribution in [0, 0.1) is 0 Å². The van der Waals surface area contributed by atoms with Crippen LogP contribution < -0.4 is 24.4 Å². The van der Waals surface area contributed by atoms with E-state index in [4.69, 9.17) is 14.2 Å². The normalized spacial score (nSPS) is 15.6. The first-order valence-electron chi connectivity index (χ1n) is 12.4. The lowest BCUT2D eigenvalue weighted by molar-refractivity contribution is -0.139. The first kappa shape index (κ1) is 26.4. The van der Waals surface area contributed by atoms with Crippen LogP contribution in [0.25, 0.3) is 6.08 Å². The number of esters is 1. The Balaban J connectivity index is 1.82. The molecule has 37 heavy (non-hydrogen) atoms. The summed E-state index contributed by atoms with van der Waals surface area (Å²) in [6, 6.07) is 14.4. The molecule has 2 heterocycles. The van der Waals surface area contributed by atoms with Crippen molar-refractivity contribution < 1.29 is 19.0 Å². The van der Waals surface area contributed by atoms with Crippen molar-refractivity contribution in [2.45, 2.75) is 59.8 Å². The zero-order valence-electron chi connectivity index (χ0n) is 22.0. The fraction of sp³-hybridized carbons (Fsp3) is 0.345. The molecule has 0 saturated heterocycles. The monoisotopic (exact) mass is 520 g/mol. The molecule has 1 aliphatic rings. The van der Waals surface area contributed by atoms with Gasteiger partial charge in [0, 0.05) is 0 Å². The molecule has 194 valence electrons. The highest BCUT2D eigenvalue weighted by molar-refractivity contribution is 7.07. The molecule has 1 atom stereocenters. The molecule has 4 rings (SSSR count). The van der Waals surface area contributed by atoms with Crippen LogP contribution in [-0.4, -0.2) is 29.4 Å². The van der Waals surface area contributed by atoms with Gasteiger partial charge in [0.2, 0.25) is 0 Å². The molecule has 1 aromatic heterocycles. The van der Waals surface area contributed by atoms with E-state index < -0.39 is 12.0 Å². The first-order chi connectivity index (χ1) is 17.7. The van der Waals surface area contributed by atoms with Crippen molar-refractivity contribution in [1.82, 2.24) is 4.57 Å². The summed E-state index contributed by atoms with van der Waals surface area (Å²) >= 11 is 1.30. The van der Waals surface area contributed by atoms with Gasteiger partial charge in [-0.2, -0.15) is 0 Å². The summed E-state index contributed by atoms with van der Waals surface area (Å²) in [4.78, 5) is 31.9. The van der Waals surface area contributed by atoms with Crippen molar-refractivity contribution in [2.24, 2.45) is 4.99 Å². The van der Waals surface area contributed by atoms with Crippen molar-refractivity contribution in [3.63, 3.8) is 0 Å². The summed E-state index contributed by atoms with van der Waals surface area (Å²) in [6.07, 6.45) is 1.95. The number of rotatable bonds is 8. The predicted octanol–water partition coefficient (Wildman–Crippen LogP) is 4.37. The lowest BCUT2D eigenvalue weighted by atomic mass is 9.96. The Hall–Kier alpha value is -3.65. The molecule has 0 fully saturated rings. The maximum absolute atomic E-state index is 13.7. The molecule has 0 saturated carbocycles. The summed E-state index contributed by atoms with van der Waals surface area (Å²) in [5.41, 5.74) is 2.32. The summed E-state index contributed by atoms with van der Waals surface area (Å²) in [6.45, 7) is 11.6. The van der Waals surface area contributed by atoms with E-state index in [1.54, 1.807) is 18.4 Å². The fourth-order valence-corrected chi connectivity index (χ4v) is 5.22. The number of carbonyl (C=O) groups is 1. The maximum atomic E-state index is 13.7. The molecule has 0 amide bonds. The summed E-state index contributed by atoms with van der Waals surface area (Å²) < 4.78 is 19.0. The van der Waals surface area contributed by atoms with Crippen molar-refractivity contribution in [3.8, 4) is 11.5 Å². The van der Waals surface area contributed by atoms with Gasteiger partial charge >= 0.3 is 5.97 Å². The molecule has 8 heteroatoms. The molecule has 7 nitrogen and oxygen atoms in total. The van der Waals surface area contributed by atoms with Crippen LogP contribution in [0.1, 0.15) is 58.7 Å². The lowest BCUT2D eigenvalue weighted by Gasteiger charge is -2.25. The van der Waals surface area contributed by atoms with Gasteiger partial charge in [-0.15, -0.1) is 0 Å². The minimum Gasteiger partial charge on any atom is -0.491 e. The van der Waals surface area contributed by atoms with Gasteiger partial charge in [0.15, 0.2) is 4.80 Å². The molecule has 3 aromatic rings. The quantitative estimate of drug-likeness (QED) is 0.412. The Morgan fingerprint density at radius 1 is 1.00 bits per heavy atom. The van der Waals surface area contributed by atoms with Gasteiger partial charge in [-0.25, -0.2) is 9.79 Å². The van der Waals surface area contributed by atoms with E-state index in [1.165, 1.54) is 11.3 Å². The van der Waals surface area contributed by atoms with Gasteiger partial charge in [-0.3, -0.25) is 9.36 Å². The van der Waals surface area contributed by atoms with Crippen molar-refractivity contribution in [3.05, 3.63) is 90.6 Å². The molecule has 0 bridgehead atoms. The van der Waals surface area contributed by atoms with Crippen LogP contribution in [0.4, 0.5) is 0 Å². The summed E-state index contributed by atoms with van der Waals surface area (Å²) in [5, 5.41) is 0. The Bertz CT molecular complexity index is 1480. The molecule has 0 N–H and O–H groups in total.